The maximum absolute atomic E-state index is 3.58. The monoisotopic (exact) mass is 181 g/mol. The van der Waals surface area contributed by atoms with E-state index in [2.05, 4.69) is 32.2 Å². The number of nitrogens with one attached hydrogen (secondary N) is 1. The molecule has 0 saturated heterocycles. The minimum Gasteiger partial charge on any atom is -0.310 e. The molecule has 0 spiro atoms. The highest BCUT2D eigenvalue weighted by Gasteiger charge is 2.17. The molecule has 0 aromatic carbocycles. The molecule has 1 aliphatic rings. The van der Waals surface area contributed by atoms with Crippen molar-refractivity contribution in [3.05, 3.63) is 11.6 Å². The average molecular weight is 181 g/mol. The molecule has 0 heterocycles. The van der Waals surface area contributed by atoms with Crippen LogP contribution in [0.3, 0.4) is 0 Å². The Morgan fingerprint density at radius 2 is 2.15 bits per heavy atom. The number of likely N-dealkylation sites (N-methyl/N-ethyl adjacent to an activating group) is 1. The number of hydrogen-bond acceptors (Lipinski definition) is 1. The summed E-state index contributed by atoms with van der Waals surface area (Å²) in [6.07, 6.45) is 7.84. The van der Waals surface area contributed by atoms with E-state index in [9.17, 15) is 0 Å². The molecular weight excluding hydrogens is 158 g/mol. The largest absolute Gasteiger partial charge is 0.310 e. The first-order valence-electron chi connectivity index (χ1n) is 5.68. The fraction of sp³-hybridized carbons (Fsp3) is 0.833. The van der Waals surface area contributed by atoms with Crippen LogP contribution in [-0.2, 0) is 0 Å². The van der Waals surface area contributed by atoms with E-state index in [4.69, 9.17) is 0 Å². The molecule has 1 aliphatic carbocycles. The lowest BCUT2D eigenvalue weighted by molar-refractivity contribution is 0.435. The van der Waals surface area contributed by atoms with Crippen LogP contribution in [0.15, 0.2) is 11.6 Å². The van der Waals surface area contributed by atoms with E-state index in [1.807, 2.05) is 0 Å². The first-order chi connectivity index (χ1) is 6.25. The van der Waals surface area contributed by atoms with Gasteiger partial charge in [-0.25, -0.2) is 0 Å². The lowest BCUT2D eigenvalue weighted by Crippen LogP contribution is -2.35. The molecule has 1 nitrogen and oxygen atoms in total. The number of hydrogen-bond donors (Lipinski definition) is 1. The molecule has 76 valence electrons. The quantitative estimate of drug-likeness (QED) is 0.657. The molecule has 1 rings (SSSR count). The summed E-state index contributed by atoms with van der Waals surface area (Å²) >= 11 is 0. The minimum absolute atomic E-state index is 0.630. The van der Waals surface area contributed by atoms with Gasteiger partial charge in [0.05, 0.1) is 0 Å². The summed E-state index contributed by atoms with van der Waals surface area (Å²) in [5, 5.41) is 3.58. The van der Waals surface area contributed by atoms with Gasteiger partial charge in [-0.2, -0.15) is 0 Å². The Hall–Kier alpha value is -0.300. The third kappa shape index (κ3) is 3.15. The van der Waals surface area contributed by atoms with Crippen LogP contribution in [0.5, 0.6) is 0 Å². The summed E-state index contributed by atoms with van der Waals surface area (Å²) in [5.74, 6) is 0.726. The summed E-state index contributed by atoms with van der Waals surface area (Å²) in [5.41, 5.74) is 1.66. The molecule has 0 fully saturated rings. The maximum Gasteiger partial charge on any atom is 0.0302 e. The number of allylic oxidation sites excluding steroid dienone is 1. The average Bonchev–Trinajstić information content (AvgIpc) is 2.15. The Labute approximate surface area is 82.6 Å². The van der Waals surface area contributed by atoms with Crippen LogP contribution in [0.4, 0.5) is 0 Å². The molecule has 0 saturated carbocycles. The van der Waals surface area contributed by atoms with Gasteiger partial charge in [0.2, 0.25) is 0 Å². The molecule has 0 bridgehead atoms. The van der Waals surface area contributed by atoms with E-state index in [0.29, 0.717) is 6.04 Å². The highest BCUT2D eigenvalue weighted by atomic mass is 14.9. The lowest BCUT2D eigenvalue weighted by atomic mass is 9.88. The minimum atomic E-state index is 0.630. The molecule has 0 aromatic heterocycles. The summed E-state index contributed by atoms with van der Waals surface area (Å²) in [4.78, 5) is 0. The second-order valence-corrected chi connectivity index (χ2v) is 4.30. The molecular formula is C12H23N. The SMILES string of the molecule is CCNC(C1=CCCCC1)C(C)C. The van der Waals surface area contributed by atoms with E-state index in [0.717, 1.165) is 12.5 Å². The molecule has 1 N–H and O–H groups in total. The van der Waals surface area contributed by atoms with Crippen LogP contribution in [0.25, 0.3) is 0 Å². The molecule has 0 aromatic rings. The van der Waals surface area contributed by atoms with Gasteiger partial charge in [0, 0.05) is 6.04 Å². The first kappa shape index (κ1) is 10.8. The lowest BCUT2D eigenvalue weighted by Gasteiger charge is -2.27. The fourth-order valence-corrected chi connectivity index (χ4v) is 2.16. The van der Waals surface area contributed by atoms with Gasteiger partial charge in [0.25, 0.3) is 0 Å². The highest BCUT2D eigenvalue weighted by molar-refractivity contribution is 5.14. The van der Waals surface area contributed by atoms with Crippen molar-refractivity contribution in [2.75, 3.05) is 6.54 Å². The van der Waals surface area contributed by atoms with Crippen LogP contribution in [-0.4, -0.2) is 12.6 Å². The Balaban J connectivity index is 2.56. The van der Waals surface area contributed by atoms with Crippen molar-refractivity contribution in [1.82, 2.24) is 5.32 Å². The molecule has 0 aliphatic heterocycles. The summed E-state index contributed by atoms with van der Waals surface area (Å²) in [6.45, 7) is 7.89. The Kier molecular flexibility index (Phi) is 4.51. The van der Waals surface area contributed by atoms with Crippen LogP contribution in [0.2, 0.25) is 0 Å². The zero-order valence-electron chi connectivity index (χ0n) is 9.27. The summed E-state index contributed by atoms with van der Waals surface area (Å²) in [6, 6.07) is 0.630. The first-order valence-corrected chi connectivity index (χ1v) is 5.68. The van der Waals surface area contributed by atoms with Crippen LogP contribution in [0.1, 0.15) is 46.5 Å². The van der Waals surface area contributed by atoms with Crippen molar-refractivity contribution in [1.29, 1.82) is 0 Å². The second kappa shape index (κ2) is 5.43. The van der Waals surface area contributed by atoms with Crippen LogP contribution in [0, 0.1) is 5.92 Å². The third-order valence-corrected chi connectivity index (χ3v) is 2.82. The van der Waals surface area contributed by atoms with Crippen molar-refractivity contribution >= 4 is 0 Å². The molecule has 1 unspecified atom stereocenters. The topological polar surface area (TPSA) is 12.0 Å². The van der Waals surface area contributed by atoms with E-state index in [1.165, 1.54) is 25.7 Å². The Bertz CT molecular complexity index is 170. The molecule has 0 radical (unpaired) electrons. The Morgan fingerprint density at radius 1 is 1.38 bits per heavy atom. The fourth-order valence-electron chi connectivity index (χ4n) is 2.16. The van der Waals surface area contributed by atoms with Crippen LogP contribution >= 0.6 is 0 Å². The maximum atomic E-state index is 3.58. The van der Waals surface area contributed by atoms with E-state index < -0.39 is 0 Å². The predicted molar refractivity (Wildman–Crippen MR) is 58.9 cm³/mol. The normalized spacial score (nSPS) is 20.2. The summed E-state index contributed by atoms with van der Waals surface area (Å²) in [7, 11) is 0. The van der Waals surface area contributed by atoms with Gasteiger partial charge >= 0.3 is 0 Å². The zero-order chi connectivity index (χ0) is 9.68. The number of rotatable bonds is 4. The van der Waals surface area contributed by atoms with E-state index in [-0.39, 0.29) is 0 Å². The van der Waals surface area contributed by atoms with E-state index >= 15 is 0 Å². The third-order valence-electron chi connectivity index (χ3n) is 2.82. The van der Waals surface area contributed by atoms with Crippen molar-refractivity contribution in [3.8, 4) is 0 Å². The predicted octanol–water partition coefficient (Wildman–Crippen LogP) is 3.12. The van der Waals surface area contributed by atoms with Crippen molar-refractivity contribution in [2.24, 2.45) is 5.92 Å². The molecule has 0 amide bonds. The van der Waals surface area contributed by atoms with Crippen molar-refractivity contribution in [3.63, 3.8) is 0 Å². The second-order valence-electron chi connectivity index (χ2n) is 4.30. The van der Waals surface area contributed by atoms with Gasteiger partial charge in [-0.3, -0.25) is 0 Å². The Morgan fingerprint density at radius 3 is 2.62 bits per heavy atom. The van der Waals surface area contributed by atoms with Crippen LogP contribution < -0.4 is 5.32 Å². The molecule has 1 atom stereocenters. The smallest absolute Gasteiger partial charge is 0.0302 e. The van der Waals surface area contributed by atoms with Gasteiger partial charge in [-0.05, 0) is 38.1 Å². The van der Waals surface area contributed by atoms with Crippen molar-refractivity contribution in [2.45, 2.75) is 52.5 Å². The van der Waals surface area contributed by atoms with Crippen molar-refractivity contribution < 1.29 is 0 Å². The zero-order valence-corrected chi connectivity index (χ0v) is 9.27. The van der Waals surface area contributed by atoms with Gasteiger partial charge in [-0.1, -0.05) is 32.4 Å². The van der Waals surface area contributed by atoms with Gasteiger partial charge in [0.15, 0.2) is 0 Å². The molecule has 13 heavy (non-hydrogen) atoms. The highest BCUT2D eigenvalue weighted by Crippen LogP contribution is 2.23. The van der Waals surface area contributed by atoms with Gasteiger partial charge < -0.3 is 5.32 Å². The van der Waals surface area contributed by atoms with E-state index in [1.54, 1.807) is 5.57 Å². The van der Waals surface area contributed by atoms with Gasteiger partial charge in [-0.15, -0.1) is 0 Å². The summed E-state index contributed by atoms with van der Waals surface area (Å²) < 4.78 is 0. The standard InChI is InChI=1S/C12H23N/c1-4-13-12(10(2)3)11-8-6-5-7-9-11/h8,10,12-13H,4-7,9H2,1-3H3. The van der Waals surface area contributed by atoms with Gasteiger partial charge in [0.1, 0.15) is 0 Å². The molecule has 1 heteroatoms.